The number of rotatable bonds is 8. The average Bonchev–Trinajstić information content (AvgIpc) is 3.00. The molecular weight excluding hydrogens is 439 g/mol. The van der Waals surface area contributed by atoms with E-state index in [1.165, 1.54) is 0 Å². The highest BCUT2D eigenvalue weighted by Crippen LogP contribution is 2.34. The molecule has 0 bridgehead atoms. The SMILES string of the molecule is CCCCc1nc(Cl)c(C2NC(=O)NC(C)=C2C(=O)OCC)n1Cc1cccc(Cl)c1. The van der Waals surface area contributed by atoms with E-state index in [-0.39, 0.29) is 11.8 Å². The third kappa shape index (κ3) is 5.22. The Morgan fingerprint density at radius 1 is 1.29 bits per heavy atom. The van der Waals surface area contributed by atoms with Crippen LogP contribution in [0.15, 0.2) is 35.5 Å². The molecule has 2 N–H and O–H groups in total. The monoisotopic (exact) mass is 464 g/mol. The Hall–Kier alpha value is -2.51. The van der Waals surface area contributed by atoms with E-state index in [9.17, 15) is 9.59 Å². The fraction of sp³-hybridized carbons (Fsp3) is 0.409. The molecule has 9 heteroatoms. The van der Waals surface area contributed by atoms with Crippen LogP contribution in [0.3, 0.4) is 0 Å². The van der Waals surface area contributed by atoms with E-state index in [1.807, 2.05) is 28.8 Å². The fourth-order valence-corrected chi connectivity index (χ4v) is 4.18. The molecule has 0 fully saturated rings. The predicted molar refractivity (Wildman–Crippen MR) is 120 cm³/mol. The van der Waals surface area contributed by atoms with Crippen molar-refractivity contribution in [3.8, 4) is 0 Å². The summed E-state index contributed by atoms with van der Waals surface area (Å²) in [5.74, 6) is 0.273. The molecule has 1 aliphatic heterocycles. The molecule has 3 rings (SSSR count). The Bertz CT molecular complexity index is 1020. The summed E-state index contributed by atoms with van der Waals surface area (Å²) in [6.45, 7) is 6.17. The molecule has 2 heterocycles. The van der Waals surface area contributed by atoms with Crippen LogP contribution in [0, 0.1) is 0 Å². The first kappa shape index (κ1) is 23.2. The number of carbonyl (C=O) groups excluding carboxylic acids is 2. The van der Waals surface area contributed by atoms with E-state index in [4.69, 9.17) is 27.9 Å². The van der Waals surface area contributed by atoms with Crippen molar-refractivity contribution in [2.75, 3.05) is 6.61 Å². The first-order valence-electron chi connectivity index (χ1n) is 10.3. The van der Waals surface area contributed by atoms with Crippen LogP contribution in [-0.4, -0.2) is 28.2 Å². The van der Waals surface area contributed by atoms with Gasteiger partial charge in [0.25, 0.3) is 0 Å². The number of halogens is 2. The minimum atomic E-state index is -0.789. The van der Waals surface area contributed by atoms with Gasteiger partial charge in [-0.05, 0) is 38.0 Å². The summed E-state index contributed by atoms with van der Waals surface area (Å²) in [7, 11) is 0. The Morgan fingerprint density at radius 3 is 2.74 bits per heavy atom. The number of nitrogens with zero attached hydrogens (tertiary/aromatic N) is 2. The van der Waals surface area contributed by atoms with Crippen LogP contribution >= 0.6 is 23.2 Å². The normalized spacial score (nSPS) is 16.2. The van der Waals surface area contributed by atoms with E-state index in [2.05, 4.69) is 22.5 Å². The highest BCUT2D eigenvalue weighted by molar-refractivity contribution is 6.30. The maximum atomic E-state index is 12.7. The molecule has 166 valence electrons. The summed E-state index contributed by atoms with van der Waals surface area (Å²) in [6, 6.07) is 6.31. The van der Waals surface area contributed by atoms with Crippen molar-refractivity contribution in [2.24, 2.45) is 0 Å². The summed E-state index contributed by atoms with van der Waals surface area (Å²) in [4.78, 5) is 29.6. The number of aryl methyl sites for hydroxylation is 1. The Kier molecular flexibility index (Phi) is 7.62. The van der Waals surface area contributed by atoms with Crippen LogP contribution in [0.2, 0.25) is 10.2 Å². The van der Waals surface area contributed by atoms with Crippen LogP contribution in [0.25, 0.3) is 0 Å². The lowest BCUT2D eigenvalue weighted by atomic mass is 10.00. The number of imidazole rings is 1. The minimum Gasteiger partial charge on any atom is -0.463 e. The van der Waals surface area contributed by atoms with E-state index in [0.717, 1.165) is 24.2 Å². The molecular formula is C22H26Cl2N4O3. The molecule has 31 heavy (non-hydrogen) atoms. The lowest BCUT2D eigenvalue weighted by Gasteiger charge is -2.29. The molecule has 1 aromatic heterocycles. The van der Waals surface area contributed by atoms with Crippen molar-refractivity contribution >= 4 is 35.2 Å². The maximum absolute atomic E-state index is 12.7. The summed E-state index contributed by atoms with van der Waals surface area (Å²) in [6.07, 6.45) is 2.64. The second-order valence-electron chi connectivity index (χ2n) is 7.31. The number of benzene rings is 1. The zero-order valence-corrected chi connectivity index (χ0v) is 19.3. The largest absolute Gasteiger partial charge is 0.463 e. The molecule has 0 aliphatic carbocycles. The quantitative estimate of drug-likeness (QED) is 0.550. The van der Waals surface area contributed by atoms with Gasteiger partial charge in [-0.2, -0.15) is 0 Å². The van der Waals surface area contributed by atoms with Crippen molar-refractivity contribution < 1.29 is 14.3 Å². The molecule has 7 nitrogen and oxygen atoms in total. The summed E-state index contributed by atoms with van der Waals surface area (Å²) >= 11 is 12.8. The van der Waals surface area contributed by atoms with Crippen molar-refractivity contribution in [3.05, 3.63) is 62.8 Å². The van der Waals surface area contributed by atoms with E-state index in [0.29, 0.717) is 35.0 Å². The van der Waals surface area contributed by atoms with Gasteiger partial charge >= 0.3 is 12.0 Å². The Morgan fingerprint density at radius 2 is 2.06 bits per heavy atom. The van der Waals surface area contributed by atoms with Crippen LogP contribution in [0.1, 0.15) is 56.7 Å². The fourth-order valence-electron chi connectivity index (χ4n) is 3.65. The second kappa shape index (κ2) is 10.2. The molecule has 2 aromatic rings. The predicted octanol–water partition coefficient (Wildman–Crippen LogP) is 4.77. The van der Waals surface area contributed by atoms with Crippen molar-refractivity contribution in [2.45, 2.75) is 52.6 Å². The van der Waals surface area contributed by atoms with Gasteiger partial charge in [0.2, 0.25) is 0 Å². The number of amides is 2. The summed E-state index contributed by atoms with van der Waals surface area (Å²) < 4.78 is 7.21. The number of nitrogens with one attached hydrogen (secondary N) is 2. The van der Waals surface area contributed by atoms with Crippen molar-refractivity contribution in [1.29, 1.82) is 0 Å². The average molecular weight is 465 g/mol. The van der Waals surface area contributed by atoms with Gasteiger partial charge in [0.15, 0.2) is 5.15 Å². The van der Waals surface area contributed by atoms with Crippen molar-refractivity contribution in [3.63, 3.8) is 0 Å². The van der Waals surface area contributed by atoms with Gasteiger partial charge in [-0.15, -0.1) is 0 Å². The van der Waals surface area contributed by atoms with Gasteiger partial charge in [0, 0.05) is 23.7 Å². The molecule has 0 saturated heterocycles. The zero-order valence-electron chi connectivity index (χ0n) is 17.8. The standard InChI is InChI=1S/C22H26Cl2N4O3/c1-4-6-10-16-26-20(24)19(28(16)12-14-8-7-9-15(23)11-14)18-17(21(29)31-5-2)13(3)25-22(30)27-18/h7-9,11,18H,4-6,10,12H2,1-3H3,(H2,25,27,30). The van der Waals surface area contributed by atoms with Crippen molar-refractivity contribution in [1.82, 2.24) is 20.2 Å². The number of hydrogen-bond acceptors (Lipinski definition) is 4. The third-order valence-corrected chi connectivity index (χ3v) is 5.58. The molecule has 0 radical (unpaired) electrons. The maximum Gasteiger partial charge on any atom is 0.338 e. The third-order valence-electron chi connectivity index (χ3n) is 5.06. The van der Waals surface area contributed by atoms with Crippen LogP contribution in [0.4, 0.5) is 4.79 Å². The molecule has 0 spiro atoms. The first-order valence-corrected chi connectivity index (χ1v) is 11.1. The molecule has 2 amide bonds. The smallest absolute Gasteiger partial charge is 0.338 e. The van der Waals surface area contributed by atoms with Gasteiger partial charge in [-0.3, -0.25) is 0 Å². The molecule has 1 atom stereocenters. The molecule has 1 aliphatic rings. The highest BCUT2D eigenvalue weighted by atomic mass is 35.5. The number of carbonyl (C=O) groups is 2. The number of unbranched alkanes of at least 4 members (excludes halogenated alkanes) is 1. The highest BCUT2D eigenvalue weighted by Gasteiger charge is 2.36. The van der Waals surface area contributed by atoms with Crippen LogP contribution in [0.5, 0.6) is 0 Å². The molecule has 1 aromatic carbocycles. The number of allylic oxidation sites excluding steroid dienone is 1. The van der Waals surface area contributed by atoms with Gasteiger partial charge in [-0.25, -0.2) is 14.6 Å². The van der Waals surface area contributed by atoms with Crippen LogP contribution in [-0.2, 0) is 22.5 Å². The summed E-state index contributed by atoms with van der Waals surface area (Å²) in [5.41, 5.74) is 2.23. The number of ether oxygens (including phenoxy) is 1. The lowest BCUT2D eigenvalue weighted by molar-refractivity contribution is -0.139. The van der Waals surface area contributed by atoms with Gasteiger partial charge in [-0.1, -0.05) is 48.7 Å². The number of hydrogen-bond donors (Lipinski definition) is 2. The van der Waals surface area contributed by atoms with Gasteiger partial charge < -0.3 is 19.9 Å². The van der Waals surface area contributed by atoms with Gasteiger partial charge in [0.05, 0.1) is 17.9 Å². The molecule has 1 unspecified atom stereocenters. The Balaban J connectivity index is 2.13. The number of esters is 1. The minimum absolute atomic E-state index is 0.216. The van der Waals surface area contributed by atoms with E-state index in [1.54, 1.807) is 13.8 Å². The first-order chi connectivity index (χ1) is 14.8. The molecule has 0 saturated carbocycles. The second-order valence-corrected chi connectivity index (χ2v) is 8.11. The van der Waals surface area contributed by atoms with E-state index < -0.39 is 18.0 Å². The van der Waals surface area contributed by atoms with Gasteiger partial charge in [0.1, 0.15) is 11.9 Å². The Labute approximate surface area is 191 Å². The van der Waals surface area contributed by atoms with Crippen LogP contribution < -0.4 is 10.6 Å². The number of urea groups is 1. The topological polar surface area (TPSA) is 85.2 Å². The zero-order chi connectivity index (χ0) is 22.5. The van der Waals surface area contributed by atoms with E-state index >= 15 is 0 Å². The lowest BCUT2D eigenvalue weighted by Crippen LogP contribution is -2.46. The summed E-state index contributed by atoms with van der Waals surface area (Å²) in [5, 5.41) is 6.33. The number of aromatic nitrogens is 2.